The maximum Gasteiger partial charge on any atom is 0.223 e. The molecule has 0 radical (unpaired) electrons. The number of likely N-dealkylation sites (tertiary alicyclic amines) is 1. The number of carbonyl (C=O) groups excluding carboxylic acids is 1. The molecule has 0 unspecified atom stereocenters. The maximum absolute atomic E-state index is 11.9. The molecule has 2 rings (SSSR count). The summed E-state index contributed by atoms with van der Waals surface area (Å²) in [4.78, 5) is 13.4. The molecule has 1 aliphatic heterocycles. The number of phenols is 1. The lowest BCUT2D eigenvalue weighted by Gasteiger charge is -2.19. The smallest absolute Gasteiger partial charge is 0.223 e. The van der Waals surface area contributed by atoms with Gasteiger partial charge in [0.15, 0.2) is 0 Å². The number of halogens is 2. The van der Waals surface area contributed by atoms with E-state index in [2.05, 4.69) is 0 Å². The van der Waals surface area contributed by atoms with Gasteiger partial charge in [-0.05, 0) is 19.1 Å². The second-order valence-corrected chi connectivity index (χ2v) is 5.63. The first kappa shape index (κ1) is 14.4. The highest BCUT2D eigenvalue weighted by atomic mass is 35.5. The molecule has 0 bridgehead atoms. The van der Waals surface area contributed by atoms with Crippen molar-refractivity contribution in [3.63, 3.8) is 0 Å². The van der Waals surface area contributed by atoms with Crippen LogP contribution in [-0.4, -0.2) is 40.2 Å². The average molecular weight is 304 g/mol. The molecule has 104 valence electrons. The van der Waals surface area contributed by atoms with E-state index in [0.717, 1.165) is 0 Å². The van der Waals surface area contributed by atoms with Crippen molar-refractivity contribution in [1.82, 2.24) is 4.90 Å². The Bertz CT molecular complexity index is 505. The molecule has 1 fully saturated rings. The fourth-order valence-electron chi connectivity index (χ4n) is 2.41. The van der Waals surface area contributed by atoms with E-state index in [4.69, 9.17) is 23.2 Å². The van der Waals surface area contributed by atoms with Gasteiger partial charge >= 0.3 is 0 Å². The van der Waals surface area contributed by atoms with E-state index in [1.807, 2.05) is 0 Å². The summed E-state index contributed by atoms with van der Waals surface area (Å²) in [7, 11) is 0. The topological polar surface area (TPSA) is 60.8 Å². The molecule has 6 heteroatoms. The number of aliphatic hydroxyl groups excluding tert-OH is 1. The van der Waals surface area contributed by atoms with E-state index < -0.39 is 6.10 Å². The van der Waals surface area contributed by atoms with E-state index in [0.29, 0.717) is 22.2 Å². The quantitative estimate of drug-likeness (QED) is 0.901. The van der Waals surface area contributed by atoms with Crippen LogP contribution in [0.2, 0.25) is 10.0 Å². The van der Waals surface area contributed by atoms with Crippen LogP contribution in [0.1, 0.15) is 24.8 Å². The Morgan fingerprint density at radius 3 is 2.79 bits per heavy atom. The van der Waals surface area contributed by atoms with Crippen LogP contribution in [-0.2, 0) is 4.79 Å². The number of nitrogens with zero attached hydrogens (tertiary/aromatic N) is 1. The summed E-state index contributed by atoms with van der Waals surface area (Å²) in [6.45, 7) is 2.34. The van der Waals surface area contributed by atoms with Gasteiger partial charge in [0.2, 0.25) is 5.91 Å². The van der Waals surface area contributed by atoms with Crippen molar-refractivity contribution in [1.29, 1.82) is 0 Å². The number of β-amino-alcohol motifs (C(OH)–C–C–N with tert-alkyl or cyclic N) is 1. The molecule has 1 aromatic rings. The van der Waals surface area contributed by atoms with Crippen LogP contribution >= 0.6 is 23.2 Å². The highest BCUT2D eigenvalue weighted by Crippen LogP contribution is 2.41. The van der Waals surface area contributed by atoms with Crippen molar-refractivity contribution in [2.24, 2.45) is 0 Å². The number of hydrogen-bond donors (Lipinski definition) is 2. The lowest BCUT2D eigenvalue weighted by Crippen LogP contribution is -2.32. The second kappa shape index (κ2) is 5.57. The molecule has 0 aliphatic carbocycles. The van der Waals surface area contributed by atoms with Crippen LogP contribution in [0.3, 0.4) is 0 Å². The Balaban J connectivity index is 2.25. The summed E-state index contributed by atoms with van der Waals surface area (Å²) in [6.07, 6.45) is -0.313. The molecule has 1 aliphatic rings. The summed E-state index contributed by atoms with van der Waals surface area (Å²) in [6, 6.07) is 3.00. The van der Waals surface area contributed by atoms with Crippen LogP contribution in [0.5, 0.6) is 5.75 Å². The second-order valence-electron chi connectivity index (χ2n) is 4.84. The van der Waals surface area contributed by atoms with Gasteiger partial charge in [0, 0.05) is 31.0 Å². The number of rotatable bonds is 3. The Kier molecular flexibility index (Phi) is 4.23. The van der Waals surface area contributed by atoms with Crippen LogP contribution in [0, 0.1) is 0 Å². The zero-order valence-corrected chi connectivity index (χ0v) is 11.9. The first-order chi connectivity index (χ1) is 8.90. The molecule has 19 heavy (non-hydrogen) atoms. The van der Waals surface area contributed by atoms with Crippen molar-refractivity contribution < 1.29 is 15.0 Å². The molecule has 2 N–H and O–H groups in total. The summed E-state index contributed by atoms with van der Waals surface area (Å²) < 4.78 is 0. The minimum absolute atomic E-state index is 0.0473. The third-order valence-electron chi connectivity index (χ3n) is 3.22. The number of aromatic hydroxyl groups is 1. The number of benzene rings is 1. The number of amides is 1. The Hall–Kier alpha value is -0.970. The third-order valence-corrected chi connectivity index (χ3v) is 4.04. The van der Waals surface area contributed by atoms with Crippen LogP contribution in [0.4, 0.5) is 0 Å². The predicted molar refractivity (Wildman–Crippen MR) is 73.7 cm³/mol. The van der Waals surface area contributed by atoms with Gasteiger partial charge < -0.3 is 15.1 Å². The van der Waals surface area contributed by atoms with Crippen molar-refractivity contribution in [2.45, 2.75) is 25.4 Å². The average Bonchev–Trinajstić information content (AvgIpc) is 2.65. The van der Waals surface area contributed by atoms with Gasteiger partial charge in [0.25, 0.3) is 0 Å². The molecule has 2 atom stereocenters. The molecule has 1 heterocycles. The van der Waals surface area contributed by atoms with Gasteiger partial charge in [0.05, 0.1) is 16.1 Å². The van der Waals surface area contributed by atoms with Crippen LogP contribution < -0.4 is 0 Å². The van der Waals surface area contributed by atoms with Crippen molar-refractivity contribution in [2.75, 3.05) is 13.1 Å². The van der Waals surface area contributed by atoms with Gasteiger partial charge in [0.1, 0.15) is 5.75 Å². The standard InChI is InChI=1S/C13H15Cl2NO3/c1-7(17)5-16-6-8(4-11(16)19)12-10(18)3-2-9(14)13(12)15/h2-3,7-8,17-18H,4-6H2,1H3/t7-,8+/m0/s1. The lowest BCUT2D eigenvalue weighted by atomic mass is 9.97. The Labute approximate surface area is 121 Å². The summed E-state index contributed by atoms with van der Waals surface area (Å²) in [5.41, 5.74) is 0.510. The molecule has 0 spiro atoms. The van der Waals surface area contributed by atoms with Crippen molar-refractivity contribution >= 4 is 29.1 Å². The van der Waals surface area contributed by atoms with Gasteiger partial charge in [-0.3, -0.25) is 4.79 Å². The zero-order valence-electron chi connectivity index (χ0n) is 10.4. The van der Waals surface area contributed by atoms with Gasteiger partial charge in [-0.15, -0.1) is 0 Å². The van der Waals surface area contributed by atoms with E-state index in [1.165, 1.54) is 12.1 Å². The summed E-state index contributed by atoms with van der Waals surface area (Å²) in [5.74, 6) is -0.204. The number of carbonyl (C=O) groups is 1. The van der Waals surface area contributed by atoms with Crippen molar-refractivity contribution in [3.8, 4) is 5.75 Å². The van der Waals surface area contributed by atoms with Gasteiger partial charge in [-0.25, -0.2) is 0 Å². The minimum Gasteiger partial charge on any atom is -0.508 e. The molecule has 4 nitrogen and oxygen atoms in total. The van der Waals surface area contributed by atoms with E-state index in [-0.39, 0.29) is 30.5 Å². The molecular weight excluding hydrogens is 289 g/mol. The van der Waals surface area contributed by atoms with Gasteiger partial charge in [-0.2, -0.15) is 0 Å². The Morgan fingerprint density at radius 1 is 1.47 bits per heavy atom. The highest BCUT2D eigenvalue weighted by Gasteiger charge is 2.34. The fraction of sp³-hybridized carbons (Fsp3) is 0.462. The third kappa shape index (κ3) is 2.96. The normalized spacial score (nSPS) is 20.9. The molecule has 0 aromatic heterocycles. The lowest BCUT2D eigenvalue weighted by molar-refractivity contribution is -0.128. The molecular formula is C13H15Cl2NO3. The predicted octanol–water partition coefficient (Wildman–Crippen LogP) is 2.40. The first-order valence-electron chi connectivity index (χ1n) is 6.02. The highest BCUT2D eigenvalue weighted by molar-refractivity contribution is 6.42. The number of aliphatic hydroxyl groups is 1. The number of hydrogen-bond acceptors (Lipinski definition) is 3. The molecule has 0 saturated carbocycles. The fourth-order valence-corrected chi connectivity index (χ4v) is 2.88. The largest absolute Gasteiger partial charge is 0.508 e. The minimum atomic E-state index is -0.578. The van der Waals surface area contributed by atoms with E-state index in [9.17, 15) is 15.0 Å². The van der Waals surface area contributed by atoms with Crippen LogP contribution in [0.25, 0.3) is 0 Å². The summed E-state index contributed by atoms with van der Waals surface area (Å²) >= 11 is 12.0. The molecule has 1 aromatic carbocycles. The molecule has 1 amide bonds. The van der Waals surface area contributed by atoms with Crippen molar-refractivity contribution in [3.05, 3.63) is 27.7 Å². The van der Waals surface area contributed by atoms with Gasteiger partial charge in [-0.1, -0.05) is 23.2 Å². The van der Waals surface area contributed by atoms with E-state index >= 15 is 0 Å². The first-order valence-corrected chi connectivity index (χ1v) is 6.78. The van der Waals surface area contributed by atoms with Crippen LogP contribution in [0.15, 0.2) is 12.1 Å². The summed E-state index contributed by atoms with van der Waals surface area (Å²) in [5, 5.41) is 19.9. The molecule has 1 saturated heterocycles. The SMILES string of the molecule is C[C@H](O)CN1C[C@H](c2c(O)ccc(Cl)c2Cl)CC1=O. The number of phenolic OH excluding ortho intramolecular Hbond substituents is 1. The Morgan fingerprint density at radius 2 is 2.16 bits per heavy atom. The monoisotopic (exact) mass is 303 g/mol. The maximum atomic E-state index is 11.9. The van der Waals surface area contributed by atoms with E-state index in [1.54, 1.807) is 11.8 Å². The zero-order chi connectivity index (χ0) is 14.2.